The second-order valence-corrected chi connectivity index (χ2v) is 8.58. The normalized spacial score (nSPS) is 20.7. The molecule has 3 aliphatic rings. The molecule has 1 spiro atoms. The van der Waals surface area contributed by atoms with Crippen molar-refractivity contribution in [2.24, 2.45) is 5.92 Å². The van der Waals surface area contributed by atoms with E-state index in [-0.39, 0.29) is 23.3 Å². The summed E-state index contributed by atoms with van der Waals surface area (Å²) in [6.45, 7) is 4.07. The van der Waals surface area contributed by atoms with Gasteiger partial charge in [-0.2, -0.15) is 5.10 Å². The number of amides is 2. The number of piperidine rings is 1. The van der Waals surface area contributed by atoms with Crippen molar-refractivity contribution in [3.8, 4) is 0 Å². The van der Waals surface area contributed by atoms with Crippen molar-refractivity contribution < 1.29 is 9.59 Å². The van der Waals surface area contributed by atoms with Crippen LogP contribution in [0.5, 0.6) is 0 Å². The van der Waals surface area contributed by atoms with E-state index in [0.717, 1.165) is 68.6 Å². The summed E-state index contributed by atoms with van der Waals surface area (Å²) in [5.41, 5.74) is 3.37. The largest absolute Gasteiger partial charge is 0.348 e. The lowest BCUT2D eigenvalue weighted by Gasteiger charge is -2.50. The molecule has 8 nitrogen and oxygen atoms in total. The van der Waals surface area contributed by atoms with Crippen molar-refractivity contribution in [1.29, 1.82) is 0 Å². The first-order chi connectivity index (χ1) is 14.1. The van der Waals surface area contributed by atoms with E-state index in [4.69, 9.17) is 0 Å². The maximum atomic E-state index is 13.1. The van der Waals surface area contributed by atoms with Crippen molar-refractivity contribution in [3.63, 3.8) is 0 Å². The third-order valence-corrected chi connectivity index (χ3v) is 6.78. The standard InChI is InChI=1S/C21H28N6O2/c1-2-3-16-15(12-24-25-16)20(29)26-10-7-21(8-11-26)18-17(22-13-23-18)6-9-27(21)19(28)14-4-5-14/h12-14H,2-11H2,1H3,(H,22,23)(H,24,25). The SMILES string of the molecule is CCCc1[nH]ncc1C(=O)N1CCC2(CC1)c1nc[nH]c1CCN2C(=O)C1CC1. The maximum absolute atomic E-state index is 13.1. The highest BCUT2D eigenvalue weighted by Gasteiger charge is 2.51. The highest BCUT2D eigenvalue weighted by molar-refractivity contribution is 5.95. The lowest BCUT2D eigenvalue weighted by molar-refractivity contribution is -0.143. The summed E-state index contributed by atoms with van der Waals surface area (Å²) in [7, 11) is 0. The molecule has 5 rings (SSSR count). The van der Waals surface area contributed by atoms with Gasteiger partial charge in [0.25, 0.3) is 5.91 Å². The monoisotopic (exact) mass is 396 g/mol. The van der Waals surface area contributed by atoms with E-state index in [0.29, 0.717) is 18.7 Å². The van der Waals surface area contributed by atoms with Crippen LogP contribution in [-0.4, -0.2) is 61.4 Å². The fraction of sp³-hybridized carbons (Fsp3) is 0.619. The van der Waals surface area contributed by atoms with Crippen LogP contribution in [0.3, 0.4) is 0 Å². The van der Waals surface area contributed by atoms with Crippen LogP contribution in [0.4, 0.5) is 0 Å². The van der Waals surface area contributed by atoms with Crippen LogP contribution in [0.25, 0.3) is 0 Å². The number of aryl methyl sites for hydroxylation is 1. The van der Waals surface area contributed by atoms with Gasteiger partial charge in [0, 0.05) is 43.4 Å². The summed E-state index contributed by atoms with van der Waals surface area (Å²) in [4.78, 5) is 38.1. The summed E-state index contributed by atoms with van der Waals surface area (Å²) >= 11 is 0. The molecule has 29 heavy (non-hydrogen) atoms. The van der Waals surface area contributed by atoms with Crippen molar-refractivity contribution in [2.75, 3.05) is 19.6 Å². The number of imidazole rings is 1. The van der Waals surface area contributed by atoms with E-state index in [1.807, 2.05) is 4.90 Å². The number of rotatable bonds is 4. The summed E-state index contributed by atoms with van der Waals surface area (Å²) in [5, 5.41) is 7.05. The molecule has 4 heterocycles. The van der Waals surface area contributed by atoms with Crippen molar-refractivity contribution in [1.82, 2.24) is 30.0 Å². The van der Waals surface area contributed by atoms with E-state index in [2.05, 4.69) is 32.0 Å². The zero-order chi connectivity index (χ0) is 20.0. The predicted molar refractivity (Wildman–Crippen MR) is 106 cm³/mol. The Morgan fingerprint density at radius 3 is 2.76 bits per heavy atom. The zero-order valence-corrected chi connectivity index (χ0v) is 16.9. The molecule has 0 unspecified atom stereocenters. The Balaban J connectivity index is 1.39. The number of carbonyl (C=O) groups excluding carboxylic acids is 2. The second-order valence-electron chi connectivity index (χ2n) is 8.58. The maximum Gasteiger partial charge on any atom is 0.257 e. The van der Waals surface area contributed by atoms with E-state index >= 15 is 0 Å². The number of nitrogens with zero attached hydrogens (tertiary/aromatic N) is 4. The summed E-state index contributed by atoms with van der Waals surface area (Å²) < 4.78 is 0. The van der Waals surface area contributed by atoms with E-state index in [1.54, 1.807) is 12.5 Å². The molecule has 2 N–H and O–H groups in total. The van der Waals surface area contributed by atoms with Gasteiger partial charge in [0.1, 0.15) is 0 Å². The fourth-order valence-electron chi connectivity index (χ4n) is 5.04. The number of likely N-dealkylation sites (tertiary alicyclic amines) is 1. The molecule has 1 saturated carbocycles. The van der Waals surface area contributed by atoms with Crippen LogP contribution in [0.2, 0.25) is 0 Å². The Kier molecular flexibility index (Phi) is 4.44. The fourth-order valence-corrected chi connectivity index (χ4v) is 5.04. The van der Waals surface area contributed by atoms with E-state index in [1.165, 1.54) is 0 Å². The van der Waals surface area contributed by atoms with Crippen molar-refractivity contribution in [3.05, 3.63) is 35.2 Å². The average molecular weight is 396 g/mol. The van der Waals surface area contributed by atoms with Crippen molar-refractivity contribution >= 4 is 11.8 Å². The Hall–Kier alpha value is -2.64. The Morgan fingerprint density at radius 2 is 2.03 bits per heavy atom. The number of H-pyrrole nitrogens is 2. The lowest BCUT2D eigenvalue weighted by Crippen LogP contribution is -2.59. The number of hydrogen-bond acceptors (Lipinski definition) is 4. The minimum atomic E-state index is -0.382. The topological polar surface area (TPSA) is 98.0 Å². The van der Waals surface area contributed by atoms with Crippen LogP contribution in [0, 0.1) is 5.92 Å². The second kappa shape index (κ2) is 7.00. The minimum absolute atomic E-state index is 0.0372. The number of fused-ring (bicyclic) bond motifs is 2. The first kappa shape index (κ1) is 18.4. The smallest absolute Gasteiger partial charge is 0.257 e. The molecular weight excluding hydrogens is 368 g/mol. The van der Waals surface area contributed by atoms with Gasteiger partial charge in [-0.1, -0.05) is 13.3 Å². The molecular formula is C21H28N6O2. The molecule has 2 amide bonds. The molecule has 0 radical (unpaired) electrons. The number of nitrogens with one attached hydrogen (secondary N) is 2. The van der Waals surface area contributed by atoms with Gasteiger partial charge < -0.3 is 14.8 Å². The Bertz CT molecular complexity index is 919. The lowest BCUT2D eigenvalue weighted by atomic mass is 9.78. The van der Waals surface area contributed by atoms with Gasteiger partial charge >= 0.3 is 0 Å². The Labute approximate surface area is 170 Å². The molecule has 2 fully saturated rings. The highest BCUT2D eigenvalue weighted by atomic mass is 16.2. The molecule has 154 valence electrons. The van der Waals surface area contributed by atoms with Gasteiger partial charge in [-0.15, -0.1) is 0 Å². The molecule has 1 saturated heterocycles. The van der Waals surface area contributed by atoms with Crippen LogP contribution < -0.4 is 0 Å². The molecule has 2 aromatic rings. The summed E-state index contributed by atoms with van der Waals surface area (Å²) in [6.07, 6.45) is 9.48. The third-order valence-electron chi connectivity index (χ3n) is 6.78. The van der Waals surface area contributed by atoms with Crippen molar-refractivity contribution in [2.45, 2.75) is 57.4 Å². The van der Waals surface area contributed by atoms with Gasteiger partial charge in [-0.05, 0) is 32.1 Å². The zero-order valence-electron chi connectivity index (χ0n) is 16.9. The molecule has 2 aliphatic heterocycles. The number of aromatic amines is 2. The Morgan fingerprint density at radius 1 is 1.24 bits per heavy atom. The molecule has 0 bridgehead atoms. The molecule has 0 atom stereocenters. The van der Waals surface area contributed by atoms with Gasteiger partial charge in [0.2, 0.25) is 5.91 Å². The quantitative estimate of drug-likeness (QED) is 0.826. The van der Waals surface area contributed by atoms with Gasteiger partial charge in [0.15, 0.2) is 0 Å². The third kappa shape index (κ3) is 2.96. The van der Waals surface area contributed by atoms with Crippen LogP contribution >= 0.6 is 0 Å². The highest BCUT2D eigenvalue weighted by Crippen LogP contribution is 2.45. The predicted octanol–water partition coefficient (Wildman–Crippen LogP) is 2.01. The molecule has 0 aromatic carbocycles. The number of aromatic nitrogens is 4. The van der Waals surface area contributed by atoms with Gasteiger partial charge in [0.05, 0.1) is 29.3 Å². The molecule has 8 heteroatoms. The molecule has 2 aromatic heterocycles. The minimum Gasteiger partial charge on any atom is -0.348 e. The van der Waals surface area contributed by atoms with E-state index in [9.17, 15) is 9.59 Å². The van der Waals surface area contributed by atoms with Gasteiger partial charge in [-0.25, -0.2) is 4.98 Å². The van der Waals surface area contributed by atoms with Crippen LogP contribution in [0.15, 0.2) is 12.5 Å². The number of carbonyl (C=O) groups is 2. The molecule has 1 aliphatic carbocycles. The summed E-state index contributed by atoms with van der Waals surface area (Å²) in [5.74, 6) is 0.503. The van der Waals surface area contributed by atoms with E-state index < -0.39 is 0 Å². The average Bonchev–Trinajstić information content (AvgIpc) is 3.28. The first-order valence-electron chi connectivity index (χ1n) is 10.8. The first-order valence-corrected chi connectivity index (χ1v) is 10.8. The summed E-state index contributed by atoms with van der Waals surface area (Å²) in [6, 6.07) is 0. The number of hydrogen-bond donors (Lipinski definition) is 2. The van der Waals surface area contributed by atoms with Crippen LogP contribution in [-0.2, 0) is 23.2 Å². The van der Waals surface area contributed by atoms with Crippen LogP contribution in [0.1, 0.15) is 66.5 Å². The van der Waals surface area contributed by atoms with Gasteiger partial charge in [-0.3, -0.25) is 14.7 Å².